The van der Waals surface area contributed by atoms with E-state index in [1.807, 2.05) is 0 Å². The van der Waals surface area contributed by atoms with Crippen LogP contribution in [0.2, 0.25) is 0 Å². The molecule has 0 atom stereocenters. The Labute approximate surface area is 160 Å². The molecule has 0 fully saturated rings. The SMILES string of the molecule is O=C(CCC(=O)Nc1nccs1)Nc1ccc(-n2cncn2)c(C(F)(F)F)c1. The van der Waals surface area contributed by atoms with E-state index < -0.39 is 23.6 Å². The van der Waals surface area contributed by atoms with Gasteiger partial charge >= 0.3 is 6.18 Å². The Morgan fingerprint density at radius 2 is 1.89 bits per heavy atom. The van der Waals surface area contributed by atoms with Gasteiger partial charge in [-0.25, -0.2) is 14.6 Å². The maximum atomic E-state index is 13.4. The van der Waals surface area contributed by atoms with E-state index in [1.165, 1.54) is 29.7 Å². The maximum absolute atomic E-state index is 13.4. The van der Waals surface area contributed by atoms with Gasteiger partial charge in [-0.1, -0.05) is 0 Å². The minimum Gasteiger partial charge on any atom is -0.326 e. The highest BCUT2D eigenvalue weighted by molar-refractivity contribution is 7.13. The van der Waals surface area contributed by atoms with Crippen LogP contribution in [0.25, 0.3) is 5.69 Å². The van der Waals surface area contributed by atoms with Crippen LogP contribution in [-0.2, 0) is 15.8 Å². The summed E-state index contributed by atoms with van der Waals surface area (Å²) < 4.78 is 41.1. The lowest BCUT2D eigenvalue weighted by atomic mass is 10.1. The molecule has 3 rings (SSSR count). The molecule has 0 aliphatic rings. The zero-order valence-electron chi connectivity index (χ0n) is 14.1. The highest BCUT2D eigenvalue weighted by Gasteiger charge is 2.34. The Hall–Kier alpha value is -3.28. The molecule has 2 heterocycles. The molecule has 0 saturated heterocycles. The third kappa shape index (κ3) is 4.91. The van der Waals surface area contributed by atoms with E-state index in [1.54, 1.807) is 5.38 Å². The number of benzene rings is 1. The second-order valence-corrected chi connectivity index (χ2v) is 6.40. The number of nitrogens with zero attached hydrogens (tertiary/aromatic N) is 4. The third-order valence-corrected chi connectivity index (χ3v) is 4.20. The van der Waals surface area contributed by atoms with Gasteiger partial charge in [-0.05, 0) is 18.2 Å². The van der Waals surface area contributed by atoms with Gasteiger partial charge in [-0.3, -0.25) is 9.59 Å². The van der Waals surface area contributed by atoms with E-state index in [4.69, 9.17) is 0 Å². The molecule has 12 heteroatoms. The molecule has 0 unspecified atom stereocenters. The second kappa shape index (κ2) is 8.17. The van der Waals surface area contributed by atoms with Gasteiger partial charge in [0.2, 0.25) is 11.8 Å². The van der Waals surface area contributed by atoms with Crippen molar-refractivity contribution in [2.45, 2.75) is 19.0 Å². The van der Waals surface area contributed by atoms with Gasteiger partial charge in [0, 0.05) is 30.1 Å². The molecule has 146 valence electrons. The minimum atomic E-state index is -4.66. The fourth-order valence-corrected chi connectivity index (χ4v) is 2.84. The first-order valence-electron chi connectivity index (χ1n) is 7.88. The fourth-order valence-electron chi connectivity index (χ4n) is 2.29. The van der Waals surface area contributed by atoms with Crippen LogP contribution in [0.1, 0.15) is 18.4 Å². The predicted molar refractivity (Wildman–Crippen MR) is 95.0 cm³/mol. The van der Waals surface area contributed by atoms with Gasteiger partial charge in [0.05, 0.1) is 11.3 Å². The molecule has 0 saturated carbocycles. The number of amides is 2. The summed E-state index contributed by atoms with van der Waals surface area (Å²) in [5.74, 6) is -1.00. The third-order valence-electron chi connectivity index (χ3n) is 3.51. The molecule has 2 amide bonds. The van der Waals surface area contributed by atoms with Crippen LogP contribution >= 0.6 is 11.3 Å². The number of alkyl halides is 3. The van der Waals surface area contributed by atoms with Crippen LogP contribution in [0, 0.1) is 0 Å². The van der Waals surface area contributed by atoms with Gasteiger partial charge in [0.15, 0.2) is 5.13 Å². The quantitative estimate of drug-likeness (QED) is 0.650. The predicted octanol–water partition coefficient (Wildman–Crippen LogP) is 3.10. The van der Waals surface area contributed by atoms with Crippen molar-refractivity contribution < 1.29 is 22.8 Å². The molecule has 8 nitrogen and oxygen atoms in total. The number of hydrogen-bond donors (Lipinski definition) is 2. The van der Waals surface area contributed by atoms with Gasteiger partial charge in [-0.15, -0.1) is 11.3 Å². The van der Waals surface area contributed by atoms with Crippen molar-refractivity contribution in [1.29, 1.82) is 0 Å². The number of carbonyl (C=O) groups is 2. The van der Waals surface area contributed by atoms with Crippen molar-refractivity contribution in [1.82, 2.24) is 19.7 Å². The summed E-state index contributed by atoms with van der Waals surface area (Å²) in [5.41, 5.74) is -1.23. The van der Waals surface area contributed by atoms with Crippen molar-refractivity contribution in [2.75, 3.05) is 10.6 Å². The lowest BCUT2D eigenvalue weighted by molar-refractivity contribution is -0.137. The summed E-state index contributed by atoms with van der Waals surface area (Å²) >= 11 is 1.23. The molecule has 3 aromatic rings. The number of rotatable bonds is 6. The van der Waals surface area contributed by atoms with Gasteiger partial charge in [-0.2, -0.15) is 18.3 Å². The van der Waals surface area contributed by atoms with Crippen molar-refractivity contribution in [3.05, 3.63) is 48.0 Å². The highest BCUT2D eigenvalue weighted by atomic mass is 32.1. The van der Waals surface area contributed by atoms with E-state index >= 15 is 0 Å². The molecule has 1 aromatic carbocycles. The Kier molecular flexibility index (Phi) is 5.68. The molecule has 0 aliphatic heterocycles. The van der Waals surface area contributed by atoms with Crippen LogP contribution in [0.5, 0.6) is 0 Å². The Morgan fingerprint density at radius 1 is 1.14 bits per heavy atom. The van der Waals surface area contributed by atoms with Crippen molar-refractivity contribution in [3.63, 3.8) is 0 Å². The second-order valence-electron chi connectivity index (χ2n) is 5.50. The molecular weight excluding hydrogens is 397 g/mol. The number of halogens is 3. The number of hydrogen-bond acceptors (Lipinski definition) is 6. The number of thiazole rings is 1. The molecule has 0 aliphatic carbocycles. The number of nitrogens with one attached hydrogen (secondary N) is 2. The minimum absolute atomic E-state index is 0.0403. The van der Waals surface area contributed by atoms with Crippen LogP contribution in [0.3, 0.4) is 0 Å². The summed E-state index contributed by atoms with van der Waals surface area (Å²) in [7, 11) is 0. The lowest BCUT2D eigenvalue weighted by Gasteiger charge is -2.14. The summed E-state index contributed by atoms with van der Waals surface area (Å²) in [6.45, 7) is 0. The molecule has 0 radical (unpaired) electrons. The monoisotopic (exact) mass is 410 g/mol. The molecular formula is C16H13F3N6O2S. The van der Waals surface area contributed by atoms with Gasteiger partial charge in [0.1, 0.15) is 12.7 Å². The standard InChI is InChI=1S/C16H13F3N6O2S/c17-16(18,19)11-7-10(1-2-12(11)25-9-20-8-22-25)23-13(26)3-4-14(27)24-15-21-5-6-28-15/h1-2,5-9H,3-4H2,(H,23,26)(H,21,24,27). The largest absolute Gasteiger partial charge is 0.418 e. The number of carbonyl (C=O) groups excluding carboxylic acids is 2. The highest BCUT2D eigenvalue weighted by Crippen LogP contribution is 2.35. The van der Waals surface area contributed by atoms with Crippen LogP contribution in [0.15, 0.2) is 42.4 Å². The summed E-state index contributed by atoms with van der Waals surface area (Å²) in [6.07, 6.45) is -1.20. The molecule has 28 heavy (non-hydrogen) atoms. The topological polar surface area (TPSA) is 102 Å². The fraction of sp³-hybridized carbons (Fsp3) is 0.188. The average Bonchev–Trinajstić information content (AvgIpc) is 3.33. The van der Waals surface area contributed by atoms with Crippen LogP contribution < -0.4 is 10.6 Å². The maximum Gasteiger partial charge on any atom is 0.418 e. The van der Waals surface area contributed by atoms with Crippen LogP contribution in [0.4, 0.5) is 24.0 Å². The normalized spacial score (nSPS) is 11.2. The van der Waals surface area contributed by atoms with Gasteiger partial charge < -0.3 is 10.6 Å². The summed E-state index contributed by atoms with van der Waals surface area (Å²) in [4.78, 5) is 31.2. The van der Waals surface area contributed by atoms with E-state index in [9.17, 15) is 22.8 Å². The zero-order chi connectivity index (χ0) is 20.1. The van der Waals surface area contributed by atoms with Gasteiger partial charge in [0.25, 0.3) is 0 Å². The molecule has 2 aromatic heterocycles. The number of anilines is 2. The molecule has 2 N–H and O–H groups in total. The summed E-state index contributed by atoms with van der Waals surface area (Å²) in [5, 5.41) is 10.7. The number of aromatic nitrogens is 4. The molecule has 0 spiro atoms. The first kappa shape index (κ1) is 19.5. The smallest absolute Gasteiger partial charge is 0.326 e. The summed E-state index contributed by atoms with van der Waals surface area (Å²) in [6, 6.07) is 3.31. The Morgan fingerprint density at radius 3 is 2.50 bits per heavy atom. The first-order chi connectivity index (χ1) is 13.3. The zero-order valence-corrected chi connectivity index (χ0v) is 14.9. The van der Waals surface area contributed by atoms with Crippen molar-refractivity contribution in [3.8, 4) is 5.69 Å². The average molecular weight is 410 g/mol. The first-order valence-corrected chi connectivity index (χ1v) is 8.76. The Balaban J connectivity index is 1.65. The Bertz CT molecular complexity index is 957. The molecule has 0 bridgehead atoms. The lowest BCUT2D eigenvalue weighted by Crippen LogP contribution is -2.18. The van der Waals surface area contributed by atoms with Crippen molar-refractivity contribution >= 4 is 34.0 Å². The van der Waals surface area contributed by atoms with Crippen molar-refractivity contribution in [2.24, 2.45) is 0 Å². The van der Waals surface area contributed by atoms with E-state index in [0.29, 0.717) is 5.13 Å². The van der Waals surface area contributed by atoms with E-state index in [-0.39, 0.29) is 24.2 Å². The van der Waals surface area contributed by atoms with E-state index in [2.05, 4.69) is 25.7 Å². The van der Waals surface area contributed by atoms with E-state index in [0.717, 1.165) is 23.4 Å². The van der Waals surface area contributed by atoms with Crippen LogP contribution in [-0.4, -0.2) is 31.6 Å².